The molecule has 0 bridgehead atoms. The lowest BCUT2D eigenvalue weighted by atomic mass is 9.97. The van der Waals surface area contributed by atoms with Crippen LogP contribution in [0.25, 0.3) is 0 Å². The van der Waals surface area contributed by atoms with Crippen molar-refractivity contribution < 1.29 is 14.8 Å². The zero-order valence-electron chi connectivity index (χ0n) is 10.6. The number of carboxylic acid groups (broad SMARTS) is 1. The summed E-state index contributed by atoms with van der Waals surface area (Å²) < 4.78 is 0. The maximum atomic E-state index is 11.0. The first-order valence-electron chi connectivity index (χ1n) is 6.08. The molecule has 102 valence electrons. The lowest BCUT2D eigenvalue weighted by Crippen LogP contribution is -2.37. The third-order valence-electron chi connectivity index (χ3n) is 3.32. The predicted molar refractivity (Wildman–Crippen MR) is 68.2 cm³/mol. The van der Waals surface area contributed by atoms with Gasteiger partial charge in [-0.2, -0.15) is 0 Å². The second-order valence-electron chi connectivity index (χ2n) is 4.71. The number of piperidine rings is 1. The highest BCUT2D eigenvalue weighted by Crippen LogP contribution is 2.29. The highest BCUT2D eigenvalue weighted by atomic mass is 16.6. The summed E-state index contributed by atoms with van der Waals surface area (Å²) in [6.45, 7) is 2.71. The van der Waals surface area contributed by atoms with E-state index in [1.165, 1.54) is 6.07 Å². The van der Waals surface area contributed by atoms with Gasteiger partial charge in [-0.05, 0) is 25.3 Å². The quantitative estimate of drug-likeness (QED) is 0.658. The topological polar surface area (TPSA) is 96.6 Å². The Morgan fingerprint density at radius 2 is 2.16 bits per heavy atom. The third kappa shape index (κ3) is 2.81. The van der Waals surface area contributed by atoms with E-state index in [-0.39, 0.29) is 11.6 Å². The van der Waals surface area contributed by atoms with Crippen molar-refractivity contribution in [1.29, 1.82) is 0 Å². The van der Waals surface area contributed by atoms with Gasteiger partial charge in [0.15, 0.2) is 0 Å². The Morgan fingerprint density at radius 3 is 2.68 bits per heavy atom. The van der Waals surface area contributed by atoms with Crippen molar-refractivity contribution in [3.8, 4) is 0 Å². The molecule has 1 aromatic heterocycles. The van der Waals surface area contributed by atoms with Crippen molar-refractivity contribution in [1.82, 2.24) is 4.98 Å². The average molecular weight is 265 g/mol. The number of aliphatic carboxylic acids is 1. The van der Waals surface area contributed by atoms with Crippen LogP contribution in [0, 0.1) is 23.0 Å². The number of hydrogen-bond acceptors (Lipinski definition) is 5. The van der Waals surface area contributed by atoms with E-state index in [1.807, 2.05) is 0 Å². The standard InChI is InChI=1S/C12H15N3O4/c1-8-6-10(15(18)19)11(13-7-8)14-4-2-9(3-5-14)12(16)17/h6-7,9H,2-5H2,1H3,(H,16,17). The van der Waals surface area contributed by atoms with Gasteiger partial charge in [0.1, 0.15) is 0 Å². The molecule has 0 spiro atoms. The lowest BCUT2D eigenvalue weighted by Gasteiger charge is -2.30. The van der Waals surface area contributed by atoms with E-state index >= 15 is 0 Å². The molecule has 1 aliphatic rings. The molecular formula is C12H15N3O4. The molecule has 1 aromatic rings. The second-order valence-corrected chi connectivity index (χ2v) is 4.71. The molecule has 2 heterocycles. The number of carbonyl (C=O) groups is 1. The van der Waals surface area contributed by atoms with E-state index in [1.54, 1.807) is 18.0 Å². The molecule has 0 amide bonds. The highest BCUT2D eigenvalue weighted by molar-refractivity contribution is 5.70. The van der Waals surface area contributed by atoms with E-state index in [9.17, 15) is 14.9 Å². The van der Waals surface area contributed by atoms with Gasteiger partial charge in [0.25, 0.3) is 0 Å². The normalized spacial score (nSPS) is 16.4. The highest BCUT2D eigenvalue weighted by Gasteiger charge is 2.28. The van der Waals surface area contributed by atoms with Crippen molar-refractivity contribution in [2.45, 2.75) is 19.8 Å². The third-order valence-corrected chi connectivity index (χ3v) is 3.32. The molecule has 0 atom stereocenters. The molecule has 1 N–H and O–H groups in total. The summed E-state index contributed by atoms with van der Waals surface area (Å²) >= 11 is 0. The number of hydrogen-bond donors (Lipinski definition) is 1. The van der Waals surface area contributed by atoms with Crippen LogP contribution < -0.4 is 4.90 Å². The minimum atomic E-state index is -0.800. The molecule has 2 rings (SSSR count). The van der Waals surface area contributed by atoms with Crippen LogP contribution in [0.3, 0.4) is 0 Å². The van der Waals surface area contributed by atoms with E-state index in [0.29, 0.717) is 31.7 Å². The van der Waals surface area contributed by atoms with Crippen LogP contribution in [-0.4, -0.2) is 34.1 Å². The van der Waals surface area contributed by atoms with Crippen molar-refractivity contribution >= 4 is 17.5 Å². The molecule has 7 heteroatoms. The summed E-state index contributed by atoms with van der Waals surface area (Å²) in [5, 5.41) is 20.0. The SMILES string of the molecule is Cc1cnc(N2CCC(C(=O)O)CC2)c([N+](=O)[O-])c1. The molecule has 0 aliphatic carbocycles. The van der Waals surface area contributed by atoms with Gasteiger partial charge in [-0.1, -0.05) is 0 Å². The van der Waals surface area contributed by atoms with Crippen LogP contribution in [-0.2, 0) is 4.79 Å². The Balaban J connectivity index is 2.20. The molecule has 1 saturated heterocycles. The van der Waals surface area contributed by atoms with Gasteiger partial charge in [-0.15, -0.1) is 0 Å². The van der Waals surface area contributed by atoms with Crippen LogP contribution >= 0.6 is 0 Å². The van der Waals surface area contributed by atoms with Gasteiger partial charge in [-0.25, -0.2) is 4.98 Å². The minimum absolute atomic E-state index is 0.0197. The first-order chi connectivity index (χ1) is 8.99. The number of rotatable bonds is 3. The predicted octanol–water partition coefficient (Wildman–Crippen LogP) is 1.60. The number of pyridine rings is 1. The number of carboxylic acids is 1. The first kappa shape index (κ1) is 13.3. The second kappa shape index (κ2) is 5.21. The molecular weight excluding hydrogens is 250 g/mol. The fraction of sp³-hybridized carbons (Fsp3) is 0.500. The Kier molecular flexibility index (Phi) is 3.64. The van der Waals surface area contributed by atoms with Crippen LogP contribution in [0.4, 0.5) is 11.5 Å². The Bertz CT molecular complexity index is 510. The summed E-state index contributed by atoms with van der Waals surface area (Å²) in [6, 6.07) is 1.49. The fourth-order valence-corrected chi connectivity index (χ4v) is 2.26. The van der Waals surface area contributed by atoms with Crippen LogP contribution in [0.5, 0.6) is 0 Å². The van der Waals surface area contributed by atoms with E-state index in [4.69, 9.17) is 5.11 Å². The van der Waals surface area contributed by atoms with Crippen LogP contribution in [0.2, 0.25) is 0 Å². The van der Waals surface area contributed by atoms with Crippen LogP contribution in [0.1, 0.15) is 18.4 Å². The van der Waals surface area contributed by atoms with Gasteiger partial charge >= 0.3 is 11.7 Å². The summed E-state index contributed by atoms with van der Waals surface area (Å²) in [6.07, 6.45) is 2.57. The van der Waals surface area contributed by atoms with Crippen molar-refractivity contribution in [3.05, 3.63) is 27.9 Å². The average Bonchev–Trinajstić information content (AvgIpc) is 2.38. The Morgan fingerprint density at radius 1 is 1.53 bits per heavy atom. The lowest BCUT2D eigenvalue weighted by molar-refractivity contribution is -0.384. The maximum Gasteiger partial charge on any atom is 0.311 e. The minimum Gasteiger partial charge on any atom is -0.481 e. The van der Waals surface area contributed by atoms with Crippen molar-refractivity contribution in [2.24, 2.45) is 5.92 Å². The molecule has 0 aromatic carbocycles. The van der Waals surface area contributed by atoms with Crippen molar-refractivity contribution in [3.63, 3.8) is 0 Å². The molecule has 0 unspecified atom stereocenters. The smallest absolute Gasteiger partial charge is 0.311 e. The summed E-state index contributed by atoms with van der Waals surface area (Å²) in [4.78, 5) is 27.4. The number of anilines is 1. The zero-order valence-corrected chi connectivity index (χ0v) is 10.6. The zero-order chi connectivity index (χ0) is 14.0. The molecule has 1 aliphatic heterocycles. The number of nitrogens with zero attached hydrogens (tertiary/aromatic N) is 3. The molecule has 7 nitrogen and oxygen atoms in total. The first-order valence-corrected chi connectivity index (χ1v) is 6.08. The Hall–Kier alpha value is -2.18. The maximum absolute atomic E-state index is 11.0. The van der Waals surface area contributed by atoms with E-state index in [2.05, 4.69) is 4.98 Å². The van der Waals surface area contributed by atoms with Gasteiger partial charge in [0, 0.05) is 25.4 Å². The van der Waals surface area contributed by atoms with Gasteiger partial charge in [0.05, 0.1) is 10.8 Å². The largest absolute Gasteiger partial charge is 0.481 e. The number of aromatic nitrogens is 1. The molecule has 1 fully saturated rings. The summed E-state index contributed by atoms with van der Waals surface area (Å²) in [5.74, 6) is -0.828. The van der Waals surface area contributed by atoms with Crippen LogP contribution in [0.15, 0.2) is 12.3 Å². The van der Waals surface area contributed by atoms with E-state index in [0.717, 1.165) is 5.56 Å². The van der Waals surface area contributed by atoms with Gasteiger partial charge in [-0.3, -0.25) is 14.9 Å². The van der Waals surface area contributed by atoms with Crippen molar-refractivity contribution in [2.75, 3.05) is 18.0 Å². The Labute approximate surface area is 110 Å². The number of aryl methyl sites for hydroxylation is 1. The molecule has 0 saturated carbocycles. The van der Waals surface area contributed by atoms with Gasteiger partial charge < -0.3 is 10.0 Å². The summed E-state index contributed by atoms with van der Waals surface area (Å²) in [5.41, 5.74) is 0.713. The van der Waals surface area contributed by atoms with Gasteiger partial charge in [0.2, 0.25) is 5.82 Å². The monoisotopic (exact) mass is 265 g/mol. The summed E-state index contributed by atoms with van der Waals surface area (Å²) in [7, 11) is 0. The molecule has 0 radical (unpaired) electrons. The van der Waals surface area contributed by atoms with E-state index < -0.39 is 10.9 Å². The number of nitro groups is 1. The molecule has 19 heavy (non-hydrogen) atoms. The fourth-order valence-electron chi connectivity index (χ4n) is 2.26.